The minimum absolute atomic E-state index is 0.0919. The zero-order valence-electron chi connectivity index (χ0n) is 8.94. The van der Waals surface area contributed by atoms with Gasteiger partial charge in [0.25, 0.3) is 0 Å². The third kappa shape index (κ3) is 2.26. The molecule has 4 heteroatoms. The van der Waals surface area contributed by atoms with Crippen molar-refractivity contribution in [1.82, 2.24) is 0 Å². The molecule has 0 atom stereocenters. The quantitative estimate of drug-likeness (QED) is 0.587. The number of piperidine rings is 1. The topological polar surface area (TPSA) is 37.4 Å². The second kappa shape index (κ2) is 4.53. The van der Waals surface area contributed by atoms with Gasteiger partial charge in [0.05, 0.1) is 5.69 Å². The molecule has 1 aliphatic rings. The highest BCUT2D eigenvalue weighted by Gasteiger charge is 2.31. The van der Waals surface area contributed by atoms with Crippen LogP contribution in [0.5, 0.6) is 0 Å². The maximum Gasteiger partial charge on any atom is 0.234 e. The lowest BCUT2D eigenvalue weighted by Crippen LogP contribution is -2.42. The average Bonchev–Trinajstić information content (AvgIpc) is 2.15. The zero-order chi connectivity index (χ0) is 11.7. The average molecular weight is 329 g/mol. The van der Waals surface area contributed by atoms with Gasteiger partial charge in [-0.25, -0.2) is 0 Å². The molecular formula is C12H12INO2. The summed E-state index contributed by atoms with van der Waals surface area (Å²) in [6.45, 7) is 1.93. The first kappa shape index (κ1) is 11.6. The Bertz CT molecular complexity index is 426. The fourth-order valence-corrected chi connectivity index (χ4v) is 2.42. The normalized spacial score (nSPS) is 18.0. The van der Waals surface area contributed by atoms with Gasteiger partial charge in [0.15, 0.2) is 0 Å². The number of halogens is 1. The van der Waals surface area contributed by atoms with E-state index in [-0.39, 0.29) is 17.7 Å². The summed E-state index contributed by atoms with van der Waals surface area (Å²) < 4.78 is 1.02. The number of nitrogens with zero attached hydrogens (tertiary/aromatic N) is 1. The molecule has 0 saturated carbocycles. The Morgan fingerprint density at radius 1 is 1.25 bits per heavy atom. The van der Waals surface area contributed by atoms with Crippen molar-refractivity contribution in [2.75, 3.05) is 4.90 Å². The predicted molar refractivity (Wildman–Crippen MR) is 70.1 cm³/mol. The summed E-state index contributed by atoms with van der Waals surface area (Å²) in [7, 11) is 0. The molecule has 1 fully saturated rings. The fraction of sp³-hybridized carbons (Fsp3) is 0.333. The van der Waals surface area contributed by atoms with Crippen molar-refractivity contribution in [1.29, 1.82) is 0 Å². The molecule has 0 unspecified atom stereocenters. The number of benzene rings is 1. The number of carbonyl (C=O) groups excluding carboxylic acids is 2. The Hall–Kier alpha value is -0.910. The monoisotopic (exact) mass is 329 g/mol. The van der Waals surface area contributed by atoms with E-state index in [2.05, 4.69) is 22.6 Å². The Labute approximate surface area is 108 Å². The van der Waals surface area contributed by atoms with Crippen molar-refractivity contribution in [3.63, 3.8) is 0 Å². The number of amides is 2. The number of hydrogen-bond acceptors (Lipinski definition) is 2. The van der Waals surface area contributed by atoms with Crippen LogP contribution in [0, 0.1) is 9.49 Å². The van der Waals surface area contributed by atoms with Crippen molar-refractivity contribution in [2.24, 2.45) is 5.92 Å². The lowest BCUT2D eigenvalue weighted by molar-refractivity contribution is -0.130. The maximum atomic E-state index is 11.8. The van der Waals surface area contributed by atoms with E-state index in [9.17, 15) is 9.59 Å². The molecule has 1 aromatic rings. The molecule has 1 saturated heterocycles. The van der Waals surface area contributed by atoms with Crippen LogP contribution < -0.4 is 4.90 Å². The largest absolute Gasteiger partial charge is 0.274 e. The van der Waals surface area contributed by atoms with Crippen molar-refractivity contribution in [3.05, 3.63) is 27.8 Å². The van der Waals surface area contributed by atoms with E-state index < -0.39 is 0 Å². The van der Waals surface area contributed by atoms with Crippen LogP contribution in [0.2, 0.25) is 0 Å². The molecule has 1 aliphatic heterocycles. The van der Waals surface area contributed by atoms with Crippen LogP contribution in [0.1, 0.15) is 19.8 Å². The van der Waals surface area contributed by atoms with Gasteiger partial charge in [-0.15, -0.1) is 0 Å². The summed E-state index contributed by atoms with van der Waals surface area (Å²) in [4.78, 5) is 25.0. The van der Waals surface area contributed by atoms with E-state index in [1.807, 2.05) is 25.1 Å². The molecule has 1 heterocycles. The second-order valence-electron chi connectivity index (χ2n) is 4.12. The first-order chi connectivity index (χ1) is 7.58. The third-order valence-electron chi connectivity index (χ3n) is 2.61. The zero-order valence-corrected chi connectivity index (χ0v) is 11.1. The number of anilines is 1. The molecule has 2 rings (SSSR count). The van der Waals surface area contributed by atoms with Crippen LogP contribution >= 0.6 is 22.6 Å². The van der Waals surface area contributed by atoms with Crippen LogP contribution in [0.15, 0.2) is 24.3 Å². The second-order valence-corrected chi connectivity index (χ2v) is 5.36. The smallest absolute Gasteiger partial charge is 0.234 e. The predicted octanol–water partition coefficient (Wildman–Crippen LogP) is 2.58. The SMILES string of the molecule is CC1CC(=O)N(c2cccc(I)c2)C(=O)C1. The lowest BCUT2D eigenvalue weighted by Gasteiger charge is -2.28. The van der Waals surface area contributed by atoms with Gasteiger partial charge < -0.3 is 0 Å². The van der Waals surface area contributed by atoms with Gasteiger partial charge in [-0.1, -0.05) is 13.0 Å². The van der Waals surface area contributed by atoms with Gasteiger partial charge in [0.1, 0.15) is 0 Å². The van der Waals surface area contributed by atoms with Crippen LogP contribution in [-0.2, 0) is 9.59 Å². The molecule has 0 spiro atoms. The van der Waals surface area contributed by atoms with Gasteiger partial charge in [0.2, 0.25) is 11.8 Å². The first-order valence-electron chi connectivity index (χ1n) is 5.19. The van der Waals surface area contributed by atoms with E-state index >= 15 is 0 Å². The number of imide groups is 1. The van der Waals surface area contributed by atoms with Gasteiger partial charge in [-0.2, -0.15) is 0 Å². The van der Waals surface area contributed by atoms with Crippen molar-refractivity contribution in [3.8, 4) is 0 Å². The van der Waals surface area contributed by atoms with E-state index in [1.54, 1.807) is 6.07 Å². The number of carbonyl (C=O) groups is 2. The van der Waals surface area contributed by atoms with E-state index in [4.69, 9.17) is 0 Å². The van der Waals surface area contributed by atoms with Gasteiger partial charge in [-0.05, 0) is 46.7 Å². The van der Waals surface area contributed by atoms with Crippen LogP contribution in [0.3, 0.4) is 0 Å². The summed E-state index contributed by atoms with van der Waals surface area (Å²) in [6.07, 6.45) is 0.911. The Morgan fingerprint density at radius 2 is 1.88 bits per heavy atom. The first-order valence-corrected chi connectivity index (χ1v) is 6.27. The highest BCUT2D eigenvalue weighted by molar-refractivity contribution is 14.1. The Kier molecular flexibility index (Phi) is 3.28. The molecule has 2 amide bonds. The highest BCUT2D eigenvalue weighted by Crippen LogP contribution is 2.26. The van der Waals surface area contributed by atoms with Gasteiger partial charge >= 0.3 is 0 Å². The molecule has 0 aromatic heterocycles. The van der Waals surface area contributed by atoms with Crippen LogP contribution in [-0.4, -0.2) is 11.8 Å². The molecule has 1 aromatic carbocycles. The van der Waals surface area contributed by atoms with Crippen LogP contribution in [0.4, 0.5) is 5.69 Å². The Balaban J connectivity index is 2.33. The van der Waals surface area contributed by atoms with Gasteiger partial charge in [0, 0.05) is 16.4 Å². The molecule has 0 radical (unpaired) electrons. The fourth-order valence-electron chi connectivity index (χ4n) is 1.89. The van der Waals surface area contributed by atoms with E-state index in [0.29, 0.717) is 18.5 Å². The molecule has 0 bridgehead atoms. The summed E-state index contributed by atoms with van der Waals surface area (Å²) in [5.41, 5.74) is 0.689. The third-order valence-corrected chi connectivity index (χ3v) is 3.28. The Morgan fingerprint density at radius 3 is 2.44 bits per heavy atom. The minimum atomic E-state index is -0.0919. The molecule has 16 heavy (non-hydrogen) atoms. The lowest BCUT2D eigenvalue weighted by atomic mass is 9.97. The summed E-state index contributed by atoms with van der Waals surface area (Å²) >= 11 is 2.17. The molecule has 84 valence electrons. The molecule has 0 N–H and O–H groups in total. The standard InChI is InChI=1S/C12H12INO2/c1-8-5-11(15)14(12(16)6-8)10-4-2-3-9(13)7-10/h2-4,7-8H,5-6H2,1H3. The van der Waals surface area contributed by atoms with Crippen LogP contribution in [0.25, 0.3) is 0 Å². The van der Waals surface area contributed by atoms with Crippen molar-refractivity contribution >= 4 is 40.1 Å². The maximum absolute atomic E-state index is 11.8. The van der Waals surface area contributed by atoms with Crippen molar-refractivity contribution in [2.45, 2.75) is 19.8 Å². The number of rotatable bonds is 1. The molecular weight excluding hydrogens is 317 g/mol. The summed E-state index contributed by atoms with van der Waals surface area (Å²) in [5, 5.41) is 0. The van der Waals surface area contributed by atoms with Gasteiger partial charge in [-0.3, -0.25) is 14.5 Å². The molecule has 0 aliphatic carbocycles. The molecule has 3 nitrogen and oxygen atoms in total. The summed E-state index contributed by atoms with van der Waals surface area (Å²) in [6, 6.07) is 7.45. The highest BCUT2D eigenvalue weighted by atomic mass is 127. The van der Waals surface area contributed by atoms with Crippen molar-refractivity contribution < 1.29 is 9.59 Å². The van der Waals surface area contributed by atoms with E-state index in [0.717, 1.165) is 3.57 Å². The summed E-state index contributed by atoms with van der Waals surface area (Å²) in [5.74, 6) is -0.0180. The van der Waals surface area contributed by atoms with E-state index in [1.165, 1.54) is 4.90 Å². The minimum Gasteiger partial charge on any atom is -0.274 e. The number of hydrogen-bond donors (Lipinski definition) is 0.